The lowest BCUT2D eigenvalue weighted by molar-refractivity contribution is -0.115. The summed E-state index contributed by atoms with van der Waals surface area (Å²) in [5, 5.41) is 2.62. The zero-order valence-electron chi connectivity index (χ0n) is 13.3. The van der Waals surface area contributed by atoms with Crippen molar-refractivity contribution in [1.82, 2.24) is 4.72 Å². The van der Waals surface area contributed by atoms with E-state index in [9.17, 15) is 13.2 Å². The molecule has 1 atom stereocenters. The van der Waals surface area contributed by atoms with Crippen molar-refractivity contribution in [3.8, 4) is 0 Å². The number of nitrogens with one attached hydrogen (secondary N) is 2. The Balaban J connectivity index is 1.78. The highest BCUT2D eigenvalue weighted by Gasteiger charge is 2.27. The van der Waals surface area contributed by atoms with E-state index in [2.05, 4.69) is 17.0 Å². The van der Waals surface area contributed by atoms with Crippen LogP contribution in [0.3, 0.4) is 0 Å². The first-order valence-corrected chi connectivity index (χ1v) is 10.4. The highest BCUT2D eigenvalue weighted by molar-refractivity contribution is 8.01. The van der Waals surface area contributed by atoms with Crippen LogP contribution in [-0.4, -0.2) is 25.6 Å². The van der Waals surface area contributed by atoms with Gasteiger partial charge in [-0.25, -0.2) is 13.1 Å². The number of fused-ring (bicyclic) bond motifs is 1. The topological polar surface area (TPSA) is 75.3 Å². The molecule has 3 rings (SSSR count). The predicted octanol–water partition coefficient (Wildman–Crippen LogP) is 2.98. The Morgan fingerprint density at radius 1 is 1.17 bits per heavy atom. The number of carbonyl (C=O) groups excluding carboxylic acids is 1. The van der Waals surface area contributed by atoms with Crippen LogP contribution in [0.2, 0.25) is 0 Å². The number of benzene rings is 1. The van der Waals surface area contributed by atoms with Crippen LogP contribution in [0.5, 0.6) is 0 Å². The zero-order chi connectivity index (χ0) is 16.6. The first-order chi connectivity index (χ1) is 10.8. The fourth-order valence-corrected chi connectivity index (χ4v) is 5.28. The number of thioether (sulfide) groups is 1. The van der Waals surface area contributed by atoms with Crippen molar-refractivity contribution in [2.75, 3.05) is 5.32 Å². The van der Waals surface area contributed by atoms with E-state index in [-0.39, 0.29) is 22.1 Å². The molecule has 1 saturated carbocycles. The lowest BCUT2D eigenvalue weighted by atomic mass is 9.88. The smallest absolute Gasteiger partial charge is 0.240 e. The molecular formula is C16H22N2O3S2. The molecule has 1 amide bonds. The molecule has 23 heavy (non-hydrogen) atoms. The summed E-state index contributed by atoms with van der Waals surface area (Å²) in [4.78, 5) is 12.9. The molecule has 1 aromatic carbocycles. The highest BCUT2D eigenvalue weighted by Crippen LogP contribution is 2.36. The van der Waals surface area contributed by atoms with Gasteiger partial charge >= 0.3 is 0 Å². The molecule has 1 aliphatic carbocycles. The minimum atomic E-state index is -3.55. The molecule has 1 fully saturated rings. The maximum atomic E-state index is 12.6. The Bertz CT molecular complexity index is 710. The molecule has 2 N–H and O–H groups in total. The maximum Gasteiger partial charge on any atom is 0.240 e. The maximum absolute atomic E-state index is 12.6. The van der Waals surface area contributed by atoms with Gasteiger partial charge in [0.2, 0.25) is 15.9 Å². The van der Waals surface area contributed by atoms with E-state index in [1.165, 1.54) is 11.8 Å². The number of sulfonamides is 1. The van der Waals surface area contributed by atoms with Gasteiger partial charge in [0, 0.05) is 10.9 Å². The monoisotopic (exact) mass is 354 g/mol. The van der Waals surface area contributed by atoms with Gasteiger partial charge in [-0.3, -0.25) is 4.79 Å². The van der Waals surface area contributed by atoms with E-state index >= 15 is 0 Å². The molecule has 1 aliphatic heterocycles. The lowest BCUT2D eigenvalue weighted by Gasteiger charge is -2.27. The first-order valence-electron chi connectivity index (χ1n) is 7.99. The van der Waals surface area contributed by atoms with Crippen LogP contribution in [0.15, 0.2) is 28.0 Å². The Kier molecular flexibility index (Phi) is 4.71. The van der Waals surface area contributed by atoms with Gasteiger partial charge in [0.05, 0.1) is 15.8 Å². The summed E-state index contributed by atoms with van der Waals surface area (Å²) in [7, 11) is -3.55. The summed E-state index contributed by atoms with van der Waals surface area (Å²) in [5.74, 6) is 0.583. The predicted molar refractivity (Wildman–Crippen MR) is 92.1 cm³/mol. The lowest BCUT2D eigenvalue weighted by Crippen LogP contribution is -2.37. The minimum absolute atomic E-state index is 0.0104. The summed E-state index contributed by atoms with van der Waals surface area (Å²) < 4.78 is 28.0. The molecule has 0 saturated heterocycles. The third-order valence-electron chi connectivity index (χ3n) is 4.53. The molecule has 0 radical (unpaired) electrons. The number of amides is 1. The van der Waals surface area contributed by atoms with Crippen molar-refractivity contribution in [1.29, 1.82) is 0 Å². The Hall–Kier alpha value is -1.05. The van der Waals surface area contributed by atoms with Gasteiger partial charge in [0.15, 0.2) is 0 Å². The summed E-state index contributed by atoms with van der Waals surface area (Å²) in [6, 6.07) is 4.95. The van der Waals surface area contributed by atoms with E-state index in [0.717, 1.165) is 30.6 Å². The summed E-state index contributed by atoms with van der Waals surface area (Å²) >= 11 is 1.45. The molecule has 0 unspecified atom stereocenters. The third-order valence-corrected chi connectivity index (χ3v) is 7.23. The largest absolute Gasteiger partial charge is 0.324 e. The molecular weight excluding hydrogens is 332 g/mol. The summed E-state index contributed by atoms with van der Waals surface area (Å²) in [6.45, 7) is 4.04. The number of rotatable bonds is 3. The van der Waals surface area contributed by atoms with Gasteiger partial charge < -0.3 is 5.32 Å². The fraction of sp³-hybridized carbons (Fsp3) is 0.562. The van der Waals surface area contributed by atoms with E-state index in [0.29, 0.717) is 11.6 Å². The Labute approximate surface area is 141 Å². The van der Waals surface area contributed by atoms with Crippen LogP contribution in [0.4, 0.5) is 5.69 Å². The van der Waals surface area contributed by atoms with Crippen molar-refractivity contribution in [2.24, 2.45) is 5.92 Å². The Morgan fingerprint density at radius 2 is 1.87 bits per heavy atom. The average molecular weight is 354 g/mol. The molecule has 1 heterocycles. The minimum Gasteiger partial charge on any atom is -0.324 e. The fourth-order valence-electron chi connectivity index (χ4n) is 3.02. The molecule has 0 spiro atoms. The van der Waals surface area contributed by atoms with Crippen LogP contribution >= 0.6 is 11.8 Å². The van der Waals surface area contributed by atoms with Crippen molar-refractivity contribution in [3.63, 3.8) is 0 Å². The van der Waals surface area contributed by atoms with Crippen molar-refractivity contribution < 1.29 is 13.2 Å². The molecule has 7 heteroatoms. The second-order valence-corrected chi connectivity index (χ2v) is 9.58. The molecule has 5 nitrogen and oxygen atoms in total. The molecule has 1 aromatic rings. The highest BCUT2D eigenvalue weighted by atomic mass is 32.2. The number of carbonyl (C=O) groups is 1. The Morgan fingerprint density at radius 3 is 2.57 bits per heavy atom. The normalized spacial score (nSPS) is 28.1. The van der Waals surface area contributed by atoms with Crippen LogP contribution in [0.25, 0.3) is 0 Å². The van der Waals surface area contributed by atoms with Gasteiger partial charge in [0.25, 0.3) is 0 Å². The van der Waals surface area contributed by atoms with Gasteiger partial charge in [0.1, 0.15) is 0 Å². The molecule has 0 aromatic heterocycles. The van der Waals surface area contributed by atoms with Gasteiger partial charge in [-0.15, -0.1) is 11.8 Å². The van der Waals surface area contributed by atoms with E-state index in [4.69, 9.17) is 0 Å². The summed E-state index contributed by atoms with van der Waals surface area (Å²) in [6.07, 6.45) is 3.88. The molecule has 126 valence electrons. The zero-order valence-corrected chi connectivity index (χ0v) is 15.0. The summed E-state index contributed by atoms with van der Waals surface area (Å²) in [5.41, 5.74) is 0.582. The number of hydrogen-bond acceptors (Lipinski definition) is 4. The van der Waals surface area contributed by atoms with E-state index in [1.807, 2.05) is 6.92 Å². The number of anilines is 1. The van der Waals surface area contributed by atoms with Crippen molar-refractivity contribution in [3.05, 3.63) is 18.2 Å². The van der Waals surface area contributed by atoms with E-state index in [1.54, 1.807) is 18.2 Å². The second-order valence-electron chi connectivity index (χ2n) is 6.49. The van der Waals surface area contributed by atoms with Crippen LogP contribution in [0.1, 0.15) is 39.5 Å². The van der Waals surface area contributed by atoms with Crippen LogP contribution in [0, 0.1) is 5.92 Å². The van der Waals surface area contributed by atoms with Crippen molar-refractivity contribution >= 4 is 33.4 Å². The molecule has 0 bridgehead atoms. The standard InChI is InChI=1S/C16H22N2O3S2/c1-10-3-5-12(6-4-10)18-23(20,21)13-7-8-15-14(9-13)17-16(19)11(2)22-15/h7-12,18H,3-6H2,1-2H3,(H,17,19)/t10?,11-,12?/m0/s1. The number of hydrogen-bond donors (Lipinski definition) is 2. The average Bonchev–Trinajstić information content (AvgIpc) is 2.50. The van der Waals surface area contributed by atoms with Crippen LogP contribution in [-0.2, 0) is 14.8 Å². The van der Waals surface area contributed by atoms with E-state index < -0.39 is 10.0 Å². The van der Waals surface area contributed by atoms with Crippen molar-refractivity contribution in [2.45, 2.75) is 60.6 Å². The van der Waals surface area contributed by atoms with Gasteiger partial charge in [-0.1, -0.05) is 6.92 Å². The third kappa shape index (κ3) is 3.72. The quantitative estimate of drug-likeness (QED) is 0.875. The SMILES string of the molecule is CC1CCC(NS(=O)(=O)c2ccc3c(c2)NC(=O)[C@H](C)S3)CC1. The second kappa shape index (κ2) is 6.45. The first kappa shape index (κ1) is 16.8. The van der Waals surface area contributed by atoms with Gasteiger partial charge in [-0.05, 0) is 56.7 Å². The van der Waals surface area contributed by atoms with Gasteiger partial charge in [-0.2, -0.15) is 0 Å². The van der Waals surface area contributed by atoms with Crippen LogP contribution < -0.4 is 10.0 Å². The molecule has 2 aliphatic rings.